The summed E-state index contributed by atoms with van der Waals surface area (Å²) < 4.78 is 29.8. The molecule has 10 heteroatoms. The van der Waals surface area contributed by atoms with E-state index in [4.69, 9.17) is 5.11 Å². The summed E-state index contributed by atoms with van der Waals surface area (Å²) in [5.41, 5.74) is 5.14. The average Bonchev–Trinajstić information content (AvgIpc) is 3.41. The van der Waals surface area contributed by atoms with Crippen LogP contribution in [0.4, 0.5) is 8.78 Å². The minimum Gasteiger partial charge on any atom is -0.481 e. The number of carbonyl (C=O) groups is 2. The van der Waals surface area contributed by atoms with Crippen molar-refractivity contribution in [3.05, 3.63) is 88.9 Å². The number of benzene rings is 2. The van der Waals surface area contributed by atoms with Crippen LogP contribution in [-0.2, 0) is 4.79 Å². The minimum atomic E-state index is -1.08. The molecule has 0 radical (unpaired) electrons. The van der Waals surface area contributed by atoms with Crippen LogP contribution in [0.15, 0.2) is 54.9 Å². The number of carboxylic acids is 1. The maximum absolute atomic E-state index is 14.2. The van der Waals surface area contributed by atoms with Crippen molar-refractivity contribution >= 4 is 17.9 Å². The molecule has 45 heavy (non-hydrogen) atoms. The molecule has 2 aromatic heterocycles. The second-order valence-electron chi connectivity index (χ2n) is 11.9. The SMILES string of the molecule is C#C.CN1CC2C(C1)C2(C)C.CNC(CC(=O)O)c1cc(-c2c(C)cccc2C)cc(F)c1F.O=Cc1ccc2nccn2n1. The fourth-order valence-corrected chi connectivity index (χ4v) is 6.04. The maximum atomic E-state index is 14.2. The lowest BCUT2D eigenvalue weighted by atomic mass is 9.92. The Kier molecular flexibility index (Phi) is 11.7. The van der Waals surface area contributed by atoms with Crippen molar-refractivity contribution in [2.24, 2.45) is 17.3 Å². The van der Waals surface area contributed by atoms with Gasteiger partial charge in [-0.25, -0.2) is 18.3 Å². The number of carbonyl (C=O) groups excluding carboxylic acids is 1. The van der Waals surface area contributed by atoms with Crippen LogP contribution in [-0.4, -0.2) is 64.0 Å². The highest BCUT2D eigenvalue weighted by Gasteiger charge is 2.61. The predicted molar refractivity (Wildman–Crippen MR) is 172 cm³/mol. The third-order valence-electron chi connectivity index (χ3n) is 8.63. The van der Waals surface area contributed by atoms with Crippen molar-refractivity contribution in [3.63, 3.8) is 0 Å². The van der Waals surface area contributed by atoms with Gasteiger partial charge in [-0.05, 0) is 91.7 Å². The first-order chi connectivity index (χ1) is 21.4. The molecule has 0 amide bonds. The number of hydrogen-bond donors (Lipinski definition) is 2. The first kappa shape index (κ1) is 35.0. The Labute approximate surface area is 263 Å². The lowest BCUT2D eigenvalue weighted by Crippen LogP contribution is -2.21. The van der Waals surface area contributed by atoms with E-state index in [9.17, 15) is 18.4 Å². The monoisotopic (exact) mass is 617 g/mol. The zero-order chi connectivity index (χ0) is 33.5. The van der Waals surface area contributed by atoms with Gasteiger partial charge in [0.05, 0.1) is 6.42 Å². The van der Waals surface area contributed by atoms with Crippen LogP contribution in [0, 0.1) is 55.6 Å². The zero-order valence-corrected chi connectivity index (χ0v) is 26.6. The van der Waals surface area contributed by atoms with E-state index in [1.807, 2.05) is 32.0 Å². The summed E-state index contributed by atoms with van der Waals surface area (Å²) in [7, 11) is 3.75. The van der Waals surface area contributed by atoms with E-state index in [0.717, 1.165) is 40.2 Å². The van der Waals surface area contributed by atoms with Crippen molar-refractivity contribution in [2.45, 2.75) is 40.2 Å². The Bertz CT molecular complexity index is 1630. The number of fused-ring (bicyclic) bond motifs is 2. The van der Waals surface area contributed by atoms with Gasteiger partial charge in [-0.15, -0.1) is 12.8 Å². The lowest BCUT2D eigenvalue weighted by molar-refractivity contribution is -0.137. The average molecular weight is 618 g/mol. The Morgan fingerprint density at radius 2 is 1.76 bits per heavy atom. The van der Waals surface area contributed by atoms with E-state index in [2.05, 4.69) is 54.0 Å². The third-order valence-corrected chi connectivity index (χ3v) is 8.63. The molecule has 4 aromatic rings. The minimum absolute atomic E-state index is 0.0209. The van der Waals surface area contributed by atoms with Crippen molar-refractivity contribution in [2.75, 3.05) is 27.2 Å². The number of piperidine rings is 1. The van der Waals surface area contributed by atoms with Crippen LogP contribution in [0.25, 0.3) is 16.8 Å². The van der Waals surface area contributed by atoms with E-state index < -0.39 is 23.6 Å². The number of aliphatic carboxylic acids is 1. The molecule has 238 valence electrons. The second-order valence-corrected chi connectivity index (χ2v) is 11.9. The number of aldehydes is 1. The number of nitrogens with one attached hydrogen (secondary N) is 1. The van der Waals surface area contributed by atoms with Crippen LogP contribution in [0.1, 0.15) is 53.5 Å². The van der Waals surface area contributed by atoms with Gasteiger partial charge < -0.3 is 15.3 Å². The van der Waals surface area contributed by atoms with Gasteiger partial charge in [0.15, 0.2) is 23.6 Å². The summed E-state index contributed by atoms with van der Waals surface area (Å²) in [5, 5.41) is 15.6. The molecule has 1 aliphatic carbocycles. The number of nitrogens with zero attached hydrogens (tertiary/aromatic N) is 4. The third kappa shape index (κ3) is 8.18. The fourth-order valence-electron chi connectivity index (χ4n) is 6.04. The number of aromatic nitrogens is 3. The molecule has 1 aliphatic heterocycles. The van der Waals surface area contributed by atoms with Gasteiger partial charge in [-0.1, -0.05) is 32.0 Å². The number of aryl methyl sites for hydroxylation is 2. The summed E-state index contributed by atoms with van der Waals surface area (Å²) in [6, 6.07) is 11.0. The van der Waals surface area contributed by atoms with Crippen LogP contribution < -0.4 is 5.32 Å². The molecule has 3 atom stereocenters. The molecule has 2 aliphatic rings. The molecule has 1 saturated heterocycles. The molecule has 3 unspecified atom stereocenters. The molecule has 3 heterocycles. The first-order valence-corrected chi connectivity index (χ1v) is 14.6. The lowest BCUT2D eigenvalue weighted by Gasteiger charge is -2.18. The van der Waals surface area contributed by atoms with E-state index >= 15 is 0 Å². The number of imidazole rings is 1. The van der Waals surface area contributed by atoms with Crippen molar-refractivity contribution in [3.8, 4) is 24.0 Å². The molecule has 8 nitrogen and oxygen atoms in total. The summed E-state index contributed by atoms with van der Waals surface area (Å²) in [5.74, 6) is -1.02. The largest absolute Gasteiger partial charge is 0.481 e. The summed E-state index contributed by atoms with van der Waals surface area (Å²) in [4.78, 5) is 27.6. The van der Waals surface area contributed by atoms with Crippen molar-refractivity contribution < 1.29 is 23.5 Å². The summed E-state index contributed by atoms with van der Waals surface area (Å²) in [6.45, 7) is 11.3. The normalized spacial score (nSPS) is 18.2. The Hall–Kier alpha value is -4.46. The standard InChI is InChI=1S/C18H19F2NO2.C8H15N.C7H5N3O.C2H2/c1-10-5-4-6-11(2)17(10)12-7-13(18(20)14(19)8-12)15(21-3)9-16(22)23;1-8(2)6-4-9(3)5-7(6)8;11-5-6-1-2-7-8-3-4-10(7)9-6;1-2/h4-8,15,21H,9H2,1-3H3,(H,22,23);6-7H,4-5H2,1-3H3;1-5H;1-2H. The van der Waals surface area contributed by atoms with Gasteiger partial charge in [0.2, 0.25) is 0 Å². The highest BCUT2D eigenvalue weighted by atomic mass is 19.2. The van der Waals surface area contributed by atoms with Crippen LogP contribution in [0.5, 0.6) is 0 Å². The number of rotatable bonds is 6. The van der Waals surface area contributed by atoms with Gasteiger partial charge in [-0.2, -0.15) is 5.10 Å². The summed E-state index contributed by atoms with van der Waals surface area (Å²) >= 11 is 0. The van der Waals surface area contributed by atoms with Gasteiger partial charge in [-0.3, -0.25) is 9.59 Å². The number of halogens is 2. The first-order valence-electron chi connectivity index (χ1n) is 14.6. The van der Waals surface area contributed by atoms with Crippen LogP contribution in [0.2, 0.25) is 0 Å². The molecule has 2 fully saturated rings. The molecule has 2 N–H and O–H groups in total. The number of carboxylic acid groups (broad SMARTS) is 1. The van der Waals surface area contributed by atoms with Crippen LogP contribution >= 0.6 is 0 Å². The molecule has 2 aromatic carbocycles. The Morgan fingerprint density at radius 3 is 2.29 bits per heavy atom. The molecule has 0 spiro atoms. The molecule has 1 saturated carbocycles. The highest BCUT2D eigenvalue weighted by molar-refractivity contribution is 5.73. The van der Waals surface area contributed by atoms with E-state index in [-0.39, 0.29) is 12.0 Å². The van der Waals surface area contributed by atoms with E-state index in [1.165, 1.54) is 26.2 Å². The maximum Gasteiger partial charge on any atom is 0.305 e. The van der Waals surface area contributed by atoms with E-state index in [1.54, 1.807) is 29.0 Å². The van der Waals surface area contributed by atoms with Gasteiger partial charge in [0, 0.05) is 37.1 Å². The van der Waals surface area contributed by atoms with Crippen LogP contribution in [0.3, 0.4) is 0 Å². The number of likely N-dealkylation sites (tertiary alicyclic amines) is 1. The Balaban J connectivity index is 0.000000205. The predicted octanol–water partition coefficient (Wildman–Crippen LogP) is 5.98. The Morgan fingerprint density at radius 1 is 1.13 bits per heavy atom. The summed E-state index contributed by atoms with van der Waals surface area (Å²) in [6.07, 6.45) is 11.7. The molecule has 6 rings (SSSR count). The number of terminal acetylenes is 1. The van der Waals surface area contributed by atoms with Gasteiger partial charge in [0.1, 0.15) is 5.69 Å². The highest BCUT2D eigenvalue weighted by Crippen LogP contribution is 2.61. The van der Waals surface area contributed by atoms with Crippen molar-refractivity contribution in [1.82, 2.24) is 24.8 Å². The quantitative estimate of drug-likeness (QED) is 0.203. The van der Waals surface area contributed by atoms with Crippen molar-refractivity contribution in [1.29, 1.82) is 0 Å². The molecular weight excluding hydrogens is 576 g/mol. The van der Waals surface area contributed by atoms with E-state index in [0.29, 0.717) is 23.0 Å². The van der Waals surface area contributed by atoms with Gasteiger partial charge in [0.25, 0.3) is 0 Å². The zero-order valence-electron chi connectivity index (χ0n) is 26.6. The smallest absolute Gasteiger partial charge is 0.305 e. The topological polar surface area (TPSA) is 99.8 Å². The number of hydrogen-bond acceptors (Lipinski definition) is 6. The second kappa shape index (κ2) is 15.0. The molecule has 0 bridgehead atoms. The fraction of sp³-hybridized carbons (Fsp3) is 0.371. The van der Waals surface area contributed by atoms with Gasteiger partial charge >= 0.3 is 5.97 Å². The molecular formula is C35H41F2N5O3.